The summed E-state index contributed by atoms with van der Waals surface area (Å²) in [7, 11) is 0. The van der Waals surface area contributed by atoms with Crippen molar-refractivity contribution >= 4 is 29.3 Å². The average molecular weight is 389 g/mol. The van der Waals surface area contributed by atoms with Crippen LogP contribution in [0.15, 0.2) is 41.3 Å². The zero-order valence-electron chi connectivity index (χ0n) is 16.0. The first-order chi connectivity index (χ1) is 12.8. The van der Waals surface area contributed by atoms with Crippen molar-refractivity contribution in [2.75, 3.05) is 11.1 Å². The van der Waals surface area contributed by atoms with Gasteiger partial charge in [-0.25, -0.2) is 4.39 Å². The van der Waals surface area contributed by atoms with Gasteiger partial charge in [0, 0.05) is 16.3 Å². The van der Waals surface area contributed by atoms with Crippen LogP contribution in [0, 0.1) is 26.6 Å². The van der Waals surface area contributed by atoms with E-state index in [-0.39, 0.29) is 18.1 Å². The molecule has 1 amide bonds. The van der Waals surface area contributed by atoms with E-state index in [1.807, 2.05) is 32.9 Å². The molecular weight excluding hydrogens is 365 g/mol. The fourth-order valence-corrected chi connectivity index (χ4v) is 3.53. The number of ether oxygens (including phenoxy) is 1. The van der Waals surface area contributed by atoms with Gasteiger partial charge in [0.05, 0.1) is 6.42 Å². The molecule has 2 rings (SSSR count). The molecule has 6 heteroatoms. The Labute approximate surface area is 163 Å². The van der Waals surface area contributed by atoms with Gasteiger partial charge in [0.1, 0.15) is 5.82 Å². The van der Waals surface area contributed by atoms with Gasteiger partial charge in [-0.15, -0.1) is 11.8 Å². The van der Waals surface area contributed by atoms with Gasteiger partial charge >= 0.3 is 5.97 Å². The van der Waals surface area contributed by atoms with Crippen LogP contribution in [0.25, 0.3) is 0 Å². The summed E-state index contributed by atoms with van der Waals surface area (Å²) >= 11 is 1.43. The van der Waals surface area contributed by atoms with E-state index in [9.17, 15) is 14.0 Å². The Bertz CT molecular complexity index is 798. The summed E-state index contributed by atoms with van der Waals surface area (Å²) in [5.41, 5.74) is 3.81. The topological polar surface area (TPSA) is 55.4 Å². The Morgan fingerprint density at radius 3 is 2.30 bits per heavy atom. The summed E-state index contributed by atoms with van der Waals surface area (Å²) in [6.07, 6.45) is -0.712. The summed E-state index contributed by atoms with van der Waals surface area (Å²) in [6, 6.07) is 10.1. The number of hydrogen-bond acceptors (Lipinski definition) is 4. The fourth-order valence-electron chi connectivity index (χ4n) is 2.69. The SMILES string of the molecule is Cc1cc(C)c(NC(=O)[C@H](C)OC(=O)CCSc2ccc(F)cc2)c(C)c1. The third-order valence-corrected chi connectivity index (χ3v) is 5.00. The molecule has 144 valence electrons. The van der Waals surface area contributed by atoms with Gasteiger partial charge in [-0.2, -0.15) is 0 Å². The number of aryl methyl sites for hydroxylation is 3. The lowest BCUT2D eigenvalue weighted by Crippen LogP contribution is -2.30. The maximum Gasteiger partial charge on any atom is 0.307 e. The number of anilines is 1. The van der Waals surface area contributed by atoms with Crippen LogP contribution in [-0.4, -0.2) is 23.7 Å². The molecule has 0 aliphatic heterocycles. The zero-order chi connectivity index (χ0) is 20.0. The van der Waals surface area contributed by atoms with Crippen molar-refractivity contribution in [3.8, 4) is 0 Å². The molecule has 0 unspecified atom stereocenters. The van der Waals surface area contributed by atoms with E-state index in [0.717, 1.165) is 27.3 Å². The first kappa shape index (κ1) is 21.0. The van der Waals surface area contributed by atoms with Crippen molar-refractivity contribution in [3.63, 3.8) is 0 Å². The molecule has 0 spiro atoms. The first-order valence-corrected chi connectivity index (χ1v) is 9.71. The third-order valence-electron chi connectivity index (χ3n) is 3.99. The largest absolute Gasteiger partial charge is 0.453 e. The fraction of sp³-hybridized carbons (Fsp3) is 0.333. The van der Waals surface area contributed by atoms with Crippen molar-refractivity contribution < 1.29 is 18.7 Å². The summed E-state index contributed by atoms with van der Waals surface area (Å²) < 4.78 is 18.1. The third kappa shape index (κ3) is 6.40. The monoisotopic (exact) mass is 389 g/mol. The van der Waals surface area contributed by atoms with Gasteiger partial charge in [-0.1, -0.05) is 17.7 Å². The lowest BCUT2D eigenvalue weighted by molar-refractivity contribution is -0.152. The predicted molar refractivity (Wildman–Crippen MR) is 107 cm³/mol. The van der Waals surface area contributed by atoms with Gasteiger partial charge < -0.3 is 10.1 Å². The second-order valence-corrected chi connectivity index (χ2v) is 7.62. The summed E-state index contributed by atoms with van der Waals surface area (Å²) in [6.45, 7) is 7.41. The van der Waals surface area contributed by atoms with Crippen LogP contribution < -0.4 is 5.32 Å². The Morgan fingerprint density at radius 2 is 1.70 bits per heavy atom. The molecule has 0 saturated carbocycles. The first-order valence-electron chi connectivity index (χ1n) is 8.73. The van der Waals surface area contributed by atoms with Crippen LogP contribution in [0.5, 0.6) is 0 Å². The van der Waals surface area contributed by atoms with E-state index < -0.39 is 12.1 Å². The van der Waals surface area contributed by atoms with Gasteiger partial charge in [0.2, 0.25) is 0 Å². The Kier molecular flexibility index (Phi) is 7.42. The van der Waals surface area contributed by atoms with Crippen molar-refractivity contribution in [3.05, 3.63) is 58.9 Å². The van der Waals surface area contributed by atoms with E-state index >= 15 is 0 Å². The standard InChI is InChI=1S/C21H24FNO3S/c1-13-11-14(2)20(15(3)12-13)23-21(25)16(4)26-19(24)9-10-27-18-7-5-17(22)6-8-18/h5-8,11-12,16H,9-10H2,1-4H3,(H,23,25)/t16-/m0/s1. The number of esters is 1. The Morgan fingerprint density at radius 1 is 1.11 bits per heavy atom. The normalized spacial score (nSPS) is 11.7. The van der Waals surface area contributed by atoms with E-state index in [0.29, 0.717) is 5.75 Å². The minimum Gasteiger partial charge on any atom is -0.453 e. The molecule has 0 aromatic heterocycles. The predicted octanol–water partition coefficient (Wildman–Crippen LogP) is 4.80. The molecule has 0 fully saturated rings. The molecule has 0 bridgehead atoms. The van der Waals surface area contributed by atoms with Gasteiger partial charge in [-0.3, -0.25) is 9.59 Å². The summed E-state index contributed by atoms with van der Waals surface area (Å²) in [5, 5.41) is 2.84. The van der Waals surface area contributed by atoms with E-state index in [1.54, 1.807) is 19.1 Å². The van der Waals surface area contributed by atoms with Crippen LogP contribution in [-0.2, 0) is 14.3 Å². The maximum absolute atomic E-state index is 12.9. The van der Waals surface area contributed by atoms with Crippen LogP contribution in [0.3, 0.4) is 0 Å². The minimum absolute atomic E-state index is 0.169. The van der Waals surface area contributed by atoms with Crippen LogP contribution in [0.4, 0.5) is 10.1 Å². The summed E-state index contributed by atoms with van der Waals surface area (Å²) in [5.74, 6) is -0.596. The number of halogens is 1. The lowest BCUT2D eigenvalue weighted by Gasteiger charge is -2.17. The highest BCUT2D eigenvalue weighted by molar-refractivity contribution is 7.99. The number of carbonyl (C=O) groups excluding carboxylic acids is 2. The van der Waals surface area contributed by atoms with Gasteiger partial charge in [0.15, 0.2) is 6.10 Å². The zero-order valence-corrected chi connectivity index (χ0v) is 16.8. The van der Waals surface area contributed by atoms with E-state index in [4.69, 9.17) is 4.74 Å². The minimum atomic E-state index is -0.881. The quantitative estimate of drug-likeness (QED) is 0.546. The van der Waals surface area contributed by atoms with Crippen LogP contribution in [0.2, 0.25) is 0 Å². The number of thioether (sulfide) groups is 1. The van der Waals surface area contributed by atoms with Crippen LogP contribution >= 0.6 is 11.8 Å². The van der Waals surface area contributed by atoms with Crippen molar-refractivity contribution in [1.29, 1.82) is 0 Å². The van der Waals surface area contributed by atoms with Gasteiger partial charge in [0.25, 0.3) is 5.91 Å². The number of amides is 1. The van der Waals surface area contributed by atoms with E-state index in [1.165, 1.54) is 23.9 Å². The highest BCUT2D eigenvalue weighted by Gasteiger charge is 2.19. The number of carbonyl (C=O) groups is 2. The van der Waals surface area contributed by atoms with E-state index in [2.05, 4.69) is 5.32 Å². The molecule has 4 nitrogen and oxygen atoms in total. The number of benzene rings is 2. The lowest BCUT2D eigenvalue weighted by atomic mass is 10.0. The highest BCUT2D eigenvalue weighted by atomic mass is 32.2. The number of hydrogen-bond donors (Lipinski definition) is 1. The summed E-state index contributed by atoms with van der Waals surface area (Å²) in [4.78, 5) is 25.2. The van der Waals surface area contributed by atoms with Crippen LogP contribution in [0.1, 0.15) is 30.0 Å². The molecule has 0 heterocycles. The Hall–Kier alpha value is -2.34. The second-order valence-electron chi connectivity index (χ2n) is 6.45. The highest BCUT2D eigenvalue weighted by Crippen LogP contribution is 2.22. The number of rotatable bonds is 7. The molecular formula is C21H24FNO3S. The van der Waals surface area contributed by atoms with Gasteiger partial charge in [-0.05, 0) is 63.1 Å². The average Bonchev–Trinajstić information content (AvgIpc) is 2.59. The van der Waals surface area contributed by atoms with Crippen molar-refractivity contribution in [2.45, 2.75) is 45.1 Å². The molecule has 0 saturated heterocycles. The molecule has 27 heavy (non-hydrogen) atoms. The van der Waals surface area contributed by atoms with Crippen molar-refractivity contribution in [2.24, 2.45) is 0 Å². The smallest absolute Gasteiger partial charge is 0.307 e. The molecule has 1 atom stereocenters. The molecule has 0 aliphatic rings. The number of nitrogens with one attached hydrogen (secondary N) is 1. The second kappa shape index (κ2) is 9.55. The van der Waals surface area contributed by atoms with Crippen molar-refractivity contribution in [1.82, 2.24) is 0 Å². The molecule has 1 N–H and O–H groups in total. The Balaban J connectivity index is 1.81. The molecule has 0 radical (unpaired) electrons. The molecule has 2 aromatic rings. The molecule has 2 aromatic carbocycles. The molecule has 0 aliphatic carbocycles. The maximum atomic E-state index is 12.9.